The van der Waals surface area contributed by atoms with Crippen molar-refractivity contribution in [1.29, 1.82) is 0 Å². The maximum Gasteiger partial charge on any atom is -0.0132 e. The highest BCUT2D eigenvalue weighted by Gasteiger charge is 2.12. The van der Waals surface area contributed by atoms with Crippen LogP contribution in [0.4, 0.5) is 0 Å². The third-order valence-electron chi connectivity index (χ3n) is 1.94. The summed E-state index contributed by atoms with van der Waals surface area (Å²) in [6.07, 6.45) is 0. The van der Waals surface area contributed by atoms with Crippen LogP contribution in [-0.4, -0.2) is 0 Å². The van der Waals surface area contributed by atoms with Gasteiger partial charge >= 0.3 is 0 Å². The lowest BCUT2D eigenvalue weighted by molar-refractivity contribution is -0.287. The molecule has 0 heterocycles. The van der Waals surface area contributed by atoms with Crippen LogP contribution in [0.1, 0.15) is 26.3 Å². The van der Waals surface area contributed by atoms with E-state index in [-0.39, 0.29) is 5.41 Å². The number of hydrogen-bond acceptors (Lipinski definition) is 2. The summed E-state index contributed by atoms with van der Waals surface area (Å²) in [5, 5.41) is 0.378. The lowest BCUT2D eigenvalue weighted by Crippen LogP contribution is -2.20. The quantitative estimate of drug-likeness (QED) is 0.619. The molecule has 2 nitrogen and oxygen atoms in total. The molecule has 0 atom stereocenters. The maximum atomic E-state index is 10.6. The Hall–Kier alpha value is -0.430. The Balaban J connectivity index is 2.94. The van der Waals surface area contributed by atoms with Crippen LogP contribution in [-0.2, 0) is 5.41 Å². The summed E-state index contributed by atoms with van der Waals surface area (Å²) >= 11 is 0. The first-order valence-corrected chi connectivity index (χ1v) is 5.34. The summed E-state index contributed by atoms with van der Waals surface area (Å²) in [7, 11) is -2.44. The zero-order chi connectivity index (χ0) is 10.1. The fourth-order valence-electron chi connectivity index (χ4n) is 1.08. The van der Waals surface area contributed by atoms with E-state index in [1.54, 1.807) is 12.1 Å². The molecule has 0 aliphatic rings. The molecule has 0 spiro atoms. The van der Waals surface area contributed by atoms with Gasteiger partial charge in [-0.15, -0.1) is 0 Å². The first kappa shape index (κ1) is 10.6. The highest BCUT2D eigenvalue weighted by Crippen LogP contribution is 2.22. The molecule has 0 aromatic heterocycles. The average Bonchev–Trinajstić information content (AvgIpc) is 2.03. The van der Waals surface area contributed by atoms with Gasteiger partial charge in [0.25, 0.3) is 0 Å². The van der Waals surface area contributed by atoms with Gasteiger partial charge in [-0.1, -0.05) is 50.3 Å². The van der Waals surface area contributed by atoms with Crippen LogP contribution in [0.5, 0.6) is 0 Å². The van der Waals surface area contributed by atoms with Crippen molar-refractivity contribution in [2.45, 2.75) is 26.2 Å². The van der Waals surface area contributed by atoms with Crippen molar-refractivity contribution in [3.05, 3.63) is 29.8 Å². The molecule has 0 amide bonds. The lowest BCUT2D eigenvalue weighted by atomic mass is 9.87. The minimum Gasteiger partial charge on any atom is -0.838 e. The highest BCUT2D eigenvalue weighted by atomic mass is 31.2. The van der Waals surface area contributed by atoms with E-state index in [2.05, 4.69) is 20.8 Å². The second kappa shape index (κ2) is 3.75. The first-order chi connectivity index (χ1) is 5.91. The molecule has 0 radical (unpaired) electrons. The van der Waals surface area contributed by atoms with E-state index in [1.807, 2.05) is 12.1 Å². The van der Waals surface area contributed by atoms with E-state index >= 15 is 0 Å². The van der Waals surface area contributed by atoms with Gasteiger partial charge in [-0.25, -0.2) is 0 Å². The van der Waals surface area contributed by atoms with Crippen LogP contribution in [0.25, 0.3) is 0 Å². The fourth-order valence-corrected chi connectivity index (χ4v) is 1.48. The topological polar surface area (TPSA) is 46.1 Å². The van der Waals surface area contributed by atoms with Crippen molar-refractivity contribution in [1.82, 2.24) is 0 Å². The minimum atomic E-state index is -2.44. The SMILES string of the molecule is CC(C)(C)c1ccc(P([O-])[O-])cc1. The molecule has 0 unspecified atom stereocenters. The van der Waals surface area contributed by atoms with Gasteiger partial charge in [0.05, 0.1) is 0 Å². The van der Waals surface area contributed by atoms with Crippen molar-refractivity contribution in [2.75, 3.05) is 0 Å². The molecule has 1 aromatic rings. The lowest BCUT2D eigenvalue weighted by Gasteiger charge is -2.31. The smallest absolute Gasteiger partial charge is 0.0132 e. The van der Waals surface area contributed by atoms with E-state index in [4.69, 9.17) is 0 Å². The molecule has 0 bridgehead atoms. The Morgan fingerprint density at radius 1 is 1.00 bits per heavy atom. The summed E-state index contributed by atoms with van der Waals surface area (Å²) in [4.78, 5) is 21.2. The van der Waals surface area contributed by atoms with Gasteiger partial charge in [0.2, 0.25) is 0 Å². The summed E-state index contributed by atoms with van der Waals surface area (Å²) in [6, 6.07) is 7.01. The normalized spacial score (nSPS) is 12.2. The Morgan fingerprint density at radius 3 is 1.77 bits per heavy atom. The van der Waals surface area contributed by atoms with Crippen LogP contribution < -0.4 is 15.1 Å². The molecule has 0 saturated heterocycles. The fraction of sp³-hybridized carbons (Fsp3) is 0.400. The number of rotatable bonds is 1. The monoisotopic (exact) mass is 196 g/mol. The predicted octanol–water partition coefficient (Wildman–Crippen LogP) is 0.642. The zero-order valence-corrected chi connectivity index (χ0v) is 8.97. The van der Waals surface area contributed by atoms with Crippen LogP contribution in [0, 0.1) is 0 Å². The summed E-state index contributed by atoms with van der Waals surface area (Å²) in [5.74, 6) is 0. The standard InChI is InChI=1S/C10H13O2P/c1-10(2,3)8-4-6-9(7-5-8)13(11)12/h4-7H,1-3H3/q-2. The summed E-state index contributed by atoms with van der Waals surface area (Å²) in [6.45, 7) is 6.29. The van der Waals surface area contributed by atoms with E-state index < -0.39 is 8.38 Å². The van der Waals surface area contributed by atoms with Gasteiger partial charge in [0.1, 0.15) is 0 Å². The molecule has 72 valence electrons. The van der Waals surface area contributed by atoms with Crippen molar-refractivity contribution in [3.8, 4) is 0 Å². The van der Waals surface area contributed by atoms with Crippen molar-refractivity contribution in [3.63, 3.8) is 0 Å². The van der Waals surface area contributed by atoms with Crippen molar-refractivity contribution in [2.24, 2.45) is 0 Å². The molecule has 1 rings (SSSR count). The van der Waals surface area contributed by atoms with Crippen molar-refractivity contribution >= 4 is 13.7 Å². The largest absolute Gasteiger partial charge is 0.838 e. The van der Waals surface area contributed by atoms with E-state index in [1.165, 1.54) is 0 Å². The zero-order valence-electron chi connectivity index (χ0n) is 8.07. The predicted molar refractivity (Wildman–Crippen MR) is 51.7 cm³/mol. The van der Waals surface area contributed by atoms with Gasteiger partial charge in [0.15, 0.2) is 0 Å². The van der Waals surface area contributed by atoms with Gasteiger partial charge in [-0.05, 0) is 11.0 Å². The molecule has 0 aliphatic heterocycles. The van der Waals surface area contributed by atoms with Crippen molar-refractivity contribution < 1.29 is 9.79 Å². The molecule has 0 fully saturated rings. The Kier molecular flexibility index (Phi) is 3.07. The maximum absolute atomic E-state index is 10.6. The van der Waals surface area contributed by atoms with Crippen LogP contribution in [0.2, 0.25) is 0 Å². The van der Waals surface area contributed by atoms with Crippen LogP contribution in [0.3, 0.4) is 0 Å². The number of benzene rings is 1. The molecule has 0 N–H and O–H groups in total. The summed E-state index contributed by atoms with van der Waals surface area (Å²) < 4.78 is 0. The highest BCUT2D eigenvalue weighted by molar-refractivity contribution is 7.51. The minimum absolute atomic E-state index is 0.0764. The molecule has 0 aliphatic carbocycles. The molecule has 1 aromatic carbocycles. The molecule has 3 heteroatoms. The molecular formula is C10H13O2P-2. The second-order valence-corrected chi connectivity index (χ2v) is 5.08. The second-order valence-electron chi connectivity index (χ2n) is 4.05. The first-order valence-electron chi connectivity index (χ1n) is 4.16. The molecule has 0 saturated carbocycles. The van der Waals surface area contributed by atoms with Crippen LogP contribution >= 0.6 is 8.38 Å². The van der Waals surface area contributed by atoms with Gasteiger partial charge in [0, 0.05) is 0 Å². The van der Waals surface area contributed by atoms with E-state index in [0.29, 0.717) is 5.30 Å². The van der Waals surface area contributed by atoms with Gasteiger partial charge < -0.3 is 9.79 Å². The third kappa shape index (κ3) is 2.77. The van der Waals surface area contributed by atoms with Gasteiger partial charge in [-0.3, -0.25) is 8.38 Å². The van der Waals surface area contributed by atoms with Crippen LogP contribution in [0.15, 0.2) is 24.3 Å². The third-order valence-corrected chi connectivity index (χ3v) is 2.66. The van der Waals surface area contributed by atoms with E-state index in [9.17, 15) is 9.79 Å². The number of hydrogen-bond donors (Lipinski definition) is 0. The molecule has 13 heavy (non-hydrogen) atoms. The summed E-state index contributed by atoms with van der Waals surface area (Å²) in [5.41, 5.74) is 1.22. The Bertz CT molecular complexity index is 272. The average molecular weight is 196 g/mol. The molecular weight excluding hydrogens is 183 g/mol. The Morgan fingerprint density at radius 2 is 1.46 bits per heavy atom. The van der Waals surface area contributed by atoms with Gasteiger partial charge in [-0.2, -0.15) is 0 Å². The van der Waals surface area contributed by atoms with E-state index in [0.717, 1.165) is 5.56 Å². The Labute approximate surface area is 80.2 Å².